The van der Waals surface area contributed by atoms with E-state index in [1.54, 1.807) is 29.6 Å². The van der Waals surface area contributed by atoms with Gasteiger partial charge < -0.3 is 20.6 Å². The molecule has 2 aromatic carbocycles. The van der Waals surface area contributed by atoms with Crippen molar-refractivity contribution in [2.45, 2.75) is 19.1 Å². The summed E-state index contributed by atoms with van der Waals surface area (Å²) in [5.41, 5.74) is 1.36. The molecule has 3 N–H and O–H groups in total. The smallest absolute Gasteiger partial charge is 0.347 e. The van der Waals surface area contributed by atoms with Crippen LogP contribution in [-0.4, -0.2) is 46.4 Å². The monoisotopic (exact) mass is 575 g/mol. The Hall–Kier alpha value is -3.73. The second-order valence-corrected chi connectivity index (χ2v) is 9.98. The van der Waals surface area contributed by atoms with Crippen molar-refractivity contribution in [1.82, 2.24) is 15.5 Å². The number of nitrogens with zero attached hydrogens (tertiary/aromatic N) is 1. The van der Waals surface area contributed by atoms with E-state index < -0.39 is 29.8 Å². The van der Waals surface area contributed by atoms with Crippen LogP contribution in [0, 0.1) is 5.82 Å². The van der Waals surface area contributed by atoms with Gasteiger partial charge in [-0.1, -0.05) is 47.5 Å². The number of aliphatic carboxylic acids is 1. The molecule has 0 saturated heterocycles. The Morgan fingerprint density at radius 1 is 1.08 bits per heavy atom. The summed E-state index contributed by atoms with van der Waals surface area (Å²) < 4.78 is 13.8. The van der Waals surface area contributed by atoms with Crippen LogP contribution in [0.2, 0.25) is 10.0 Å². The molecule has 3 amide bonds. The van der Waals surface area contributed by atoms with Crippen molar-refractivity contribution < 1.29 is 28.7 Å². The molecule has 38 heavy (non-hydrogen) atoms. The van der Waals surface area contributed by atoms with E-state index in [4.69, 9.17) is 23.2 Å². The fraction of sp³-hybridized carbons (Fsp3) is 0.154. The molecular formula is C26H20Cl2FN3O5S. The van der Waals surface area contributed by atoms with Crippen molar-refractivity contribution >= 4 is 64.3 Å². The second-order valence-electron chi connectivity index (χ2n) is 8.25. The molecule has 0 spiro atoms. The molecule has 4 rings (SSSR count). The zero-order chi connectivity index (χ0) is 27.4. The maximum absolute atomic E-state index is 13.8. The first kappa shape index (κ1) is 27.3. The van der Waals surface area contributed by atoms with E-state index in [0.717, 1.165) is 11.3 Å². The van der Waals surface area contributed by atoms with Crippen LogP contribution < -0.4 is 10.6 Å². The van der Waals surface area contributed by atoms with Gasteiger partial charge in [-0.05, 0) is 47.2 Å². The van der Waals surface area contributed by atoms with E-state index >= 15 is 0 Å². The second kappa shape index (κ2) is 11.8. The summed E-state index contributed by atoms with van der Waals surface area (Å²) in [6.45, 7) is 0.441. The SMILES string of the molecule is O=C(N[C@H](NC(=O)c1c(Cl)cc2c(c1Cl)CCN(C(=O)/C=C/c1ccccc1F)C2)C(=O)O)c1cccs1. The Morgan fingerprint density at radius 3 is 2.50 bits per heavy atom. The fourth-order valence-electron chi connectivity index (χ4n) is 3.90. The molecule has 0 radical (unpaired) electrons. The number of carbonyl (C=O) groups is 4. The number of rotatable bonds is 7. The third-order valence-corrected chi connectivity index (χ3v) is 7.38. The molecule has 2 heterocycles. The number of carboxylic acid groups (broad SMARTS) is 1. The largest absolute Gasteiger partial charge is 0.478 e. The summed E-state index contributed by atoms with van der Waals surface area (Å²) >= 11 is 14.0. The fourth-order valence-corrected chi connectivity index (χ4v) is 5.29. The van der Waals surface area contributed by atoms with Crippen molar-refractivity contribution in [2.24, 2.45) is 0 Å². The van der Waals surface area contributed by atoms with Gasteiger partial charge in [-0.2, -0.15) is 0 Å². The topological polar surface area (TPSA) is 116 Å². The molecule has 1 atom stereocenters. The Labute approximate surface area is 230 Å². The predicted molar refractivity (Wildman–Crippen MR) is 142 cm³/mol. The lowest BCUT2D eigenvalue weighted by Gasteiger charge is -2.29. The molecule has 12 heteroatoms. The number of nitrogens with one attached hydrogen (secondary N) is 2. The summed E-state index contributed by atoms with van der Waals surface area (Å²) in [6.07, 6.45) is 1.26. The molecule has 8 nitrogen and oxygen atoms in total. The number of hydrogen-bond donors (Lipinski definition) is 3. The summed E-state index contributed by atoms with van der Waals surface area (Å²) in [5.74, 6) is -3.80. The van der Waals surface area contributed by atoms with E-state index in [0.29, 0.717) is 17.5 Å². The maximum Gasteiger partial charge on any atom is 0.347 e. The number of hydrogen-bond acceptors (Lipinski definition) is 5. The first-order valence-corrected chi connectivity index (χ1v) is 12.9. The van der Waals surface area contributed by atoms with Crippen LogP contribution in [0.25, 0.3) is 6.08 Å². The van der Waals surface area contributed by atoms with Crippen molar-refractivity contribution in [1.29, 1.82) is 0 Å². The molecule has 1 aliphatic rings. The average Bonchev–Trinajstić information content (AvgIpc) is 3.42. The minimum atomic E-state index is -1.73. The van der Waals surface area contributed by atoms with Crippen molar-refractivity contribution in [2.75, 3.05) is 6.54 Å². The number of carboxylic acids is 1. The number of benzene rings is 2. The molecule has 0 unspecified atom stereocenters. The van der Waals surface area contributed by atoms with E-state index in [1.807, 2.05) is 0 Å². The van der Waals surface area contributed by atoms with E-state index in [-0.39, 0.29) is 45.0 Å². The highest BCUT2D eigenvalue weighted by Crippen LogP contribution is 2.34. The van der Waals surface area contributed by atoms with Gasteiger partial charge in [0.25, 0.3) is 11.8 Å². The minimum Gasteiger partial charge on any atom is -0.478 e. The van der Waals surface area contributed by atoms with Crippen LogP contribution in [0.15, 0.2) is 53.9 Å². The van der Waals surface area contributed by atoms with Crippen LogP contribution in [0.1, 0.15) is 36.7 Å². The Bertz CT molecular complexity index is 1440. The normalized spacial score (nSPS) is 13.6. The average molecular weight is 576 g/mol. The lowest BCUT2D eigenvalue weighted by atomic mass is 9.96. The molecule has 0 bridgehead atoms. The summed E-state index contributed by atoms with van der Waals surface area (Å²) in [5, 5.41) is 15.6. The van der Waals surface area contributed by atoms with Gasteiger partial charge in [0.1, 0.15) is 5.82 Å². The Balaban J connectivity index is 1.49. The third kappa shape index (κ3) is 6.04. The molecule has 0 aliphatic carbocycles. The highest BCUT2D eigenvalue weighted by atomic mass is 35.5. The zero-order valence-corrected chi connectivity index (χ0v) is 21.9. The van der Waals surface area contributed by atoms with Gasteiger partial charge >= 0.3 is 5.97 Å². The molecule has 3 aromatic rings. The lowest BCUT2D eigenvalue weighted by molar-refractivity contribution is -0.139. The Morgan fingerprint density at radius 2 is 1.82 bits per heavy atom. The number of fused-ring (bicyclic) bond motifs is 1. The quantitative estimate of drug-likeness (QED) is 0.286. The number of carbonyl (C=O) groups excluding carboxylic acids is 3. The maximum atomic E-state index is 13.8. The highest BCUT2D eigenvalue weighted by molar-refractivity contribution is 7.12. The summed E-state index contributed by atoms with van der Waals surface area (Å²) in [4.78, 5) is 51.4. The molecule has 1 aromatic heterocycles. The van der Waals surface area contributed by atoms with Gasteiger partial charge in [0, 0.05) is 24.7 Å². The number of amides is 3. The van der Waals surface area contributed by atoms with Crippen LogP contribution in [0.5, 0.6) is 0 Å². The van der Waals surface area contributed by atoms with Crippen molar-refractivity contribution in [3.05, 3.63) is 96.9 Å². The summed E-state index contributed by atoms with van der Waals surface area (Å²) in [7, 11) is 0. The van der Waals surface area contributed by atoms with E-state index in [1.165, 1.54) is 35.3 Å². The van der Waals surface area contributed by atoms with Gasteiger partial charge in [-0.3, -0.25) is 14.4 Å². The highest BCUT2D eigenvalue weighted by Gasteiger charge is 2.29. The van der Waals surface area contributed by atoms with Crippen molar-refractivity contribution in [3.8, 4) is 0 Å². The molecule has 0 saturated carbocycles. The third-order valence-electron chi connectivity index (χ3n) is 5.80. The first-order chi connectivity index (χ1) is 18.2. The lowest BCUT2D eigenvalue weighted by Crippen LogP contribution is -2.52. The minimum absolute atomic E-state index is 0.0349. The molecule has 196 valence electrons. The van der Waals surface area contributed by atoms with Gasteiger partial charge in [-0.25, -0.2) is 9.18 Å². The van der Waals surface area contributed by atoms with E-state index in [2.05, 4.69) is 10.6 Å². The first-order valence-electron chi connectivity index (χ1n) is 11.2. The van der Waals surface area contributed by atoms with Gasteiger partial charge in [-0.15, -0.1) is 11.3 Å². The van der Waals surface area contributed by atoms with Gasteiger partial charge in [0.15, 0.2) is 0 Å². The van der Waals surface area contributed by atoms with Crippen LogP contribution in [0.4, 0.5) is 4.39 Å². The van der Waals surface area contributed by atoms with Crippen LogP contribution >= 0.6 is 34.5 Å². The number of thiophene rings is 1. The molecule has 1 aliphatic heterocycles. The number of halogens is 3. The standard InChI is InChI=1S/C26H20Cl2FN3O5S/c27-17-12-15-13-32(20(33)8-7-14-4-1-2-5-18(14)29)10-9-16(15)22(28)21(17)25(35)31-23(26(36)37)30-24(34)19-6-3-11-38-19/h1-8,11-12,23H,9-10,13H2,(H,30,34)(H,31,35)(H,36,37)/b8-7+/t23-/m1/s1. The zero-order valence-electron chi connectivity index (χ0n) is 19.5. The molecular weight excluding hydrogens is 556 g/mol. The Kier molecular flexibility index (Phi) is 8.45. The summed E-state index contributed by atoms with van der Waals surface area (Å²) in [6, 6.07) is 10.7. The predicted octanol–water partition coefficient (Wildman–Crippen LogP) is 4.36. The van der Waals surface area contributed by atoms with Crippen molar-refractivity contribution in [3.63, 3.8) is 0 Å². The van der Waals surface area contributed by atoms with Gasteiger partial charge in [0.2, 0.25) is 12.1 Å². The van der Waals surface area contributed by atoms with E-state index in [9.17, 15) is 28.7 Å². The van der Waals surface area contributed by atoms with Crippen LogP contribution in [-0.2, 0) is 22.6 Å². The molecule has 0 fully saturated rings. The van der Waals surface area contributed by atoms with Gasteiger partial charge in [0.05, 0.1) is 20.5 Å². The van der Waals surface area contributed by atoms with Crippen LogP contribution in [0.3, 0.4) is 0 Å².